The molecule has 0 aliphatic carbocycles. The van der Waals surface area contributed by atoms with Crippen LogP contribution in [0.4, 0.5) is 0 Å². The zero-order chi connectivity index (χ0) is 15.8. The minimum absolute atomic E-state index is 0.961. The lowest BCUT2D eigenvalue weighted by Gasteiger charge is -2.05. The van der Waals surface area contributed by atoms with Crippen molar-refractivity contribution in [2.24, 2.45) is 7.05 Å². The van der Waals surface area contributed by atoms with Crippen molar-refractivity contribution in [2.75, 3.05) is 0 Å². The Labute approximate surface area is 134 Å². The minimum atomic E-state index is 0.961. The molecule has 2 heterocycles. The molecule has 0 spiro atoms. The maximum atomic E-state index is 4.19. The average molecular weight is 301 g/mol. The molecule has 23 heavy (non-hydrogen) atoms. The third-order valence-electron chi connectivity index (χ3n) is 4.20. The van der Waals surface area contributed by atoms with Crippen molar-refractivity contribution >= 4 is 11.0 Å². The molecule has 0 saturated carbocycles. The summed E-state index contributed by atoms with van der Waals surface area (Å²) in [5.74, 6) is 1.12. The maximum Gasteiger partial charge on any atom is 0.295 e. The van der Waals surface area contributed by atoms with Crippen molar-refractivity contribution in [3.05, 3.63) is 72.8 Å². The van der Waals surface area contributed by atoms with Crippen molar-refractivity contribution < 1.29 is 4.57 Å². The Morgan fingerprint density at radius 3 is 2.39 bits per heavy atom. The van der Waals surface area contributed by atoms with E-state index in [-0.39, 0.29) is 0 Å². The number of hydrogen-bond donors (Lipinski definition) is 0. The van der Waals surface area contributed by atoms with Gasteiger partial charge in [0.05, 0.1) is 25.0 Å². The summed E-state index contributed by atoms with van der Waals surface area (Å²) < 4.78 is 4.45. The maximum absolute atomic E-state index is 4.19. The van der Waals surface area contributed by atoms with Crippen LogP contribution in [-0.4, -0.2) is 14.5 Å². The average Bonchev–Trinajstić information content (AvgIpc) is 2.89. The van der Waals surface area contributed by atoms with E-state index in [9.17, 15) is 0 Å². The molecule has 0 amide bonds. The predicted molar refractivity (Wildman–Crippen MR) is 90.2 cm³/mol. The highest BCUT2D eigenvalue weighted by Crippen LogP contribution is 2.28. The van der Waals surface area contributed by atoms with Crippen LogP contribution in [0.5, 0.6) is 0 Å². The van der Waals surface area contributed by atoms with Crippen LogP contribution in [-0.2, 0) is 7.05 Å². The first-order chi connectivity index (χ1) is 11.3. The Balaban J connectivity index is 2.16. The van der Waals surface area contributed by atoms with E-state index >= 15 is 0 Å². The van der Waals surface area contributed by atoms with Gasteiger partial charge < -0.3 is 0 Å². The van der Waals surface area contributed by atoms with E-state index < -0.39 is 0 Å². The SMILES string of the molecule is Cc1ccccc1-c1n(-c2cncnc2)c2ccccc2[n+]1C. The Bertz CT molecular complexity index is 987. The van der Waals surface area contributed by atoms with Gasteiger partial charge in [0, 0.05) is 0 Å². The Hall–Kier alpha value is -3.01. The normalized spacial score (nSPS) is 11.0. The summed E-state index contributed by atoms with van der Waals surface area (Å²) >= 11 is 0. The van der Waals surface area contributed by atoms with E-state index in [1.54, 1.807) is 6.33 Å². The molecule has 0 N–H and O–H groups in total. The minimum Gasteiger partial charge on any atom is -0.240 e. The number of para-hydroxylation sites is 2. The third kappa shape index (κ3) is 2.11. The number of aryl methyl sites for hydroxylation is 2. The lowest BCUT2D eigenvalue weighted by molar-refractivity contribution is -0.633. The van der Waals surface area contributed by atoms with Crippen molar-refractivity contribution in [1.82, 2.24) is 14.5 Å². The number of nitrogens with zero attached hydrogens (tertiary/aromatic N) is 4. The van der Waals surface area contributed by atoms with Gasteiger partial charge in [-0.25, -0.2) is 14.5 Å². The number of imidazole rings is 1. The van der Waals surface area contributed by atoms with Crippen LogP contribution in [0, 0.1) is 6.92 Å². The van der Waals surface area contributed by atoms with Crippen molar-refractivity contribution in [3.8, 4) is 17.1 Å². The highest BCUT2D eigenvalue weighted by atomic mass is 15.2. The number of rotatable bonds is 2. The third-order valence-corrected chi connectivity index (χ3v) is 4.20. The number of benzene rings is 2. The second-order valence-corrected chi connectivity index (χ2v) is 5.62. The molecule has 4 heteroatoms. The molecule has 4 aromatic rings. The van der Waals surface area contributed by atoms with Crippen LogP contribution in [0.25, 0.3) is 28.1 Å². The highest BCUT2D eigenvalue weighted by molar-refractivity contribution is 5.79. The molecule has 2 aromatic carbocycles. The second-order valence-electron chi connectivity index (χ2n) is 5.62. The first kappa shape index (κ1) is 13.6. The van der Waals surface area contributed by atoms with E-state index in [1.807, 2.05) is 12.4 Å². The molecular weight excluding hydrogens is 284 g/mol. The van der Waals surface area contributed by atoms with Crippen LogP contribution in [0.15, 0.2) is 67.3 Å². The van der Waals surface area contributed by atoms with Crippen molar-refractivity contribution in [1.29, 1.82) is 0 Å². The largest absolute Gasteiger partial charge is 0.295 e. The van der Waals surface area contributed by atoms with Gasteiger partial charge in [-0.3, -0.25) is 0 Å². The van der Waals surface area contributed by atoms with Crippen LogP contribution in [0.2, 0.25) is 0 Å². The van der Waals surface area contributed by atoms with Gasteiger partial charge in [0.1, 0.15) is 6.33 Å². The molecule has 4 rings (SSSR count). The Morgan fingerprint density at radius 2 is 1.61 bits per heavy atom. The van der Waals surface area contributed by atoms with Gasteiger partial charge in [0.2, 0.25) is 0 Å². The molecule has 0 atom stereocenters. The molecule has 0 unspecified atom stereocenters. The summed E-state index contributed by atoms with van der Waals surface area (Å²) in [6.07, 6.45) is 5.26. The lowest BCUT2D eigenvalue weighted by Crippen LogP contribution is -2.30. The quantitative estimate of drug-likeness (QED) is 0.533. The van der Waals surface area contributed by atoms with Crippen molar-refractivity contribution in [3.63, 3.8) is 0 Å². The van der Waals surface area contributed by atoms with Gasteiger partial charge in [-0.2, -0.15) is 4.57 Å². The molecule has 4 nitrogen and oxygen atoms in total. The Kier molecular flexibility index (Phi) is 3.15. The van der Waals surface area contributed by atoms with E-state index in [0.29, 0.717) is 0 Å². The molecule has 0 aliphatic heterocycles. The monoisotopic (exact) mass is 301 g/mol. The first-order valence-corrected chi connectivity index (χ1v) is 7.58. The number of aromatic nitrogens is 4. The van der Waals surface area contributed by atoms with E-state index in [4.69, 9.17) is 0 Å². The summed E-state index contributed by atoms with van der Waals surface area (Å²) in [4.78, 5) is 8.39. The molecule has 0 bridgehead atoms. The first-order valence-electron chi connectivity index (χ1n) is 7.58. The predicted octanol–water partition coefficient (Wildman–Crippen LogP) is 3.22. The molecule has 2 aromatic heterocycles. The smallest absolute Gasteiger partial charge is 0.240 e. The van der Waals surface area contributed by atoms with Gasteiger partial charge in [-0.1, -0.05) is 30.3 Å². The van der Waals surface area contributed by atoms with Gasteiger partial charge in [0.25, 0.3) is 5.82 Å². The highest BCUT2D eigenvalue weighted by Gasteiger charge is 2.26. The van der Waals surface area contributed by atoms with Crippen LogP contribution in [0.1, 0.15) is 5.56 Å². The molecular formula is C19H17N4+. The van der Waals surface area contributed by atoms with Gasteiger partial charge in [-0.05, 0) is 30.7 Å². The molecule has 0 fully saturated rings. The van der Waals surface area contributed by atoms with Gasteiger partial charge in [-0.15, -0.1) is 0 Å². The summed E-state index contributed by atoms with van der Waals surface area (Å²) in [5, 5.41) is 0. The standard InChI is InChI=1S/C19H17N4/c1-14-7-3-4-8-16(14)19-22(2)17-9-5-6-10-18(17)23(19)15-11-20-13-21-12-15/h3-13H,1-2H3/q+1. The molecule has 0 aliphatic rings. The topological polar surface area (TPSA) is 34.6 Å². The fourth-order valence-corrected chi connectivity index (χ4v) is 3.11. The fraction of sp³-hybridized carbons (Fsp3) is 0.105. The van der Waals surface area contributed by atoms with E-state index in [2.05, 4.69) is 81.6 Å². The zero-order valence-corrected chi connectivity index (χ0v) is 13.1. The Morgan fingerprint density at radius 1 is 0.913 bits per heavy atom. The van der Waals surface area contributed by atoms with Crippen molar-refractivity contribution in [2.45, 2.75) is 6.92 Å². The van der Waals surface area contributed by atoms with Crippen LogP contribution >= 0.6 is 0 Å². The lowest BCUT2D eigenvalue weighted by atomic mass is 10.1. The van der Waals surface area contributed by atoms with E-state index in [1.165, 1.54) is 16.6 Å². The van der Waals surface area contributed by atoms with Gasteiger partial charge >= 0.3 is 0 Å². The summed E-state index contributed by atoms with van der Waals surface area (Å²) in [5.41, 5.74) is 5.72. The summed E-state index contributed by atoms with van der Waals surface area (Å²) in [6, 6.07) is 16.8. The molecule has 0 saturated heterocycles. The van der Waals surface area contributed by atoms with Crippen LogP contribution < -0.4 is 4.57 Å². The number of hydrogen-bond acceptors (Lipinski definition) is 2. The van der Waals surface area contributed by atoms with Gasteiger partial charge in [0.15, 0.2) is 16.7 Å². The zero-order valence-electron chi connectivity index (χ0n) is 13.1. The molecule has 112 valence electrons. The molecule has 0 radical (unpaired) electrons. The second kappa shape index (κ2) is 5.32. The summed E-state index contributed by atoms with van der Waals surface area (Å²) in [7, 11) is 2.10. The summed E-state index contributed by atoms with van der Waals surface area (Å²) in [6.45, 7) is 2.14. The fourth-order valence-electron chi connectivity index (χ4n) is 3.11. The van der Waals surface area contributed by atoms with Crippen LogP contribution in [0.3, 0.4) is 0 Å². The number of fused-ring (bicyclic) bond motifs is 1. The van der Waals surface area contributed by atoms with E-state index in [0.717, 1.165) is 17.0 Å².